The molecule has 4 aromatic rings. The van der Waals surface area contributed by atoms with Gasteiger partial charge < -0.3 is 19.1 Å². The van der Waals surface area contributed by atoms with Gasteiger partial charge in [-0.25, -0.2) is 8.78 Å². The van der Waals surface area contributed by atoms with Gasteiger partial charge in [-0.05, 0) is 60.5 Å². The van der Waals surface area contributed by atoms with E-state index in [9.17, 15) is 18.4 Å². The fourth-order valence-electron chi connectivity index (χ4n) is 5.00. The molecule has 1 saturated heterocycles. The minimum absolute atomic E-state index is 0.133. The van der Waals surface area contributed by atoms with E-state index in [0.29, 0.717) is 48.9 Å². The Hall–Kier alpha value is -4.17. The molecule has 2 heterocycles. The molecule has 9 heteroatoms. The molecule has 1 aromatic heterocycles. The number of rotatable bonds is 6. The first-order valence-corrected chi connectivity index (χ1v) is 13.3. The number of halogens is 3. The van der Waals surface area contributed by atoms with Crippen molar-refractivity contribution in [2.24, 2.45) is 0 Å². The molecule has 1 aliphatic rings. The summed E-state index contributed by atoms with van der Waals surface area (Å²) in [6.07, 6.45) is 0. The number of hydrogen-bond acceptors (Lipinski definition) is 3. The topological polar surface area (TPSA) is 54.8 Å². The van der Waals surface area contributed by atoms with Crippen LogP contribution in [0.4, 0.5) is 8.78 Å². The van der Waals surface area contributed by atoms with E-state index in [0.717, 1.165) is 17.2 Å². The van der Waals surface area contributed by atoms with Crippen LogP contribution in [0.3, 0.4) is 0 Å². The van der Waals surface area contributed by atoms with Crippen LogP contribution in [0.5, 0.6) is 5.75 Å². The van der Waals surface area contributed by atoms with Gasteiger partial charge in [0.25, 0.3) is 5.91 Å². The standard InChI is InChI=1S/C31H28ClF2N3O3/c1-20-25(30(38)35-14-16-36(17-15-35)31(39)29(32)22-6-4-3-5-7-22)19-28(21-8-11-24(40-2)12-9-21)37(20)27-13-10-23(33)18-26(27)34/h3-13,18-19,29H,14-17H2,1-2H3. The quantitative estimate of drug-likeness (QED) is 0.270. The first-order chi connectivity index (χ1) is 19.3. The summed E-state index contributed by atoms with van der Waals surface area (Å²) < 4.78 is 35.6. The van der Waals surface area contributed by atoms with Crippen molar-refractivity contribution in [3.05, 3.63) is 107 Å². The fourth-order valence-corrected chi connectivity index (χ4v) is 5.28. The first-order valence-electron chi connectivity index (χ1n) is 12.9. The summed E-state index contributed by atoms with van der Waals surface area (Å²) in [7, 11) is 1.56. The number of alkyl halides is 1. The van der Waals surface area contributed by atoms with Crippen LogP contribution >= 0.6 is 11.6 Å². The summed E-state index contributed by atoms with van der Waals surface area (Å²) in [5.41, 5.74) is 3.09. The predicted octanol–water partition coefficient (Wildman–Crippen LogP) is 6.00. The van der Waals surface area contributed by atoms with Crippen LogP contribution < -0.4 is 4.74 Å². The summed E-state index contributed by atoms with van der Waals surface area (Å²) in [5.74, 6) is -1.20. The lowest BCUT2D eigenvalue weighted by Crippen LogP contribution is -2.51. The lowest BCUT2D eigenvalue weighted by molar-refractivity contribution is -0.132. The average Bonchev–Trinajstić information content (AvgIpc) is 3.33. The number of piperazine rings is 1. The van der Waals surface area contributed by atoms with Gasteiger partial charge in [0.05, 0.1) is 24.1 Å². The maximum absolute atomic E-state index is 15.0. The SMILES string of the molecule is COc1ccc(-c2cc(C(=O)N3CCN(C(=O)C(Cl)c4ccccc4)CC3)c(C)n2-c2ccc(F)cc2F)cc1. The average molecular weight is 564 g/mol. The normalized spacial score (nSPS) is 14.2. The van der Waals surface area contributed by atoms with E-state index in [1.54, 1.807) is 46.6 Å². The fraction of sp³-hybridized carbons (Fsp3) is 0.226. The van der Waals surface area contributed by atoms with Crippen molar-refractivity contribution in [3.8, 4) is 22.7 Å². The van der Waals surface area contributed by atoms with E-state index < -0.39 is 17.0 Å². The molecule has 1 unspecified atom stereocenters. The second kappa shape index (κ2) is 11.5. The zero-order valence-corrected chi connectivity index (χ0v) is 22.9. The largest absolute Gasteiger partial charge is 0.497 e. The molecule has 0 bridgehead atoms. The van der Waals surface area contributed by atoms with Crippen LogP contribution in [-0.2, 0) is 4.79 Å². The summed E-state index contributed by atoms with van der Waals surface area (Å²) in [4.78, 5) is 30.1. The monoisotopic (exact) mass is 563 g/mol. The zero-order chi connectivity index (χ0) is 28.4. The number of benzene rings is 3. The van der Waals surface area contributed by atoms with Gasteiger partial charge in [0.1, 0.15) is 22.8 Å². The minimum Gasteiger partial charge on any atom is -0.497 e. The van der Waals surface area contributed by atoms with Crippen molar-refractivity contribution in [1.29, 1.82) is 0 Å². The Balaban J connectivity index is 1.41. The molecular weight excluding hydrogens is 536 g/mol. The molecule has 3 aromatic carbocycles. The highest BCUT2D eigenvalue weighted by Crippen LogP contribution is 2.33. The van der Waals surface area contributed by atoms with E-state index in [2.05, 4.69) is 0 Å². The van der Waals surface area contributed by atoms with Crippen molar-refractivity contribution in [2.75, 3.05) is 33.3 Å². The third kappa shape index (κ3) is 5.31. The molecule has 0 N–H and O–H groups in total. The Morgan fingerprint density at radius 2 is 1.52 bits per heavy atom. The van der Waals surface area contributed by atoms with Gasteiger partial charge in [0.2, 0.25) is 5.91 Å². The van der Waals surface area contributed by atoms with Gasteiger partial charge in [0.15, 0.2) is 0 Å². The first kappa shape index (κ1) is 27.4. The number of aromatic nitrogens is 1. The molecule has 6 nitrogen and oxygen atoms in total. The van der Waals surface area contributed by atoms with Crippen molar-refractivity contribution in [1.82, 2.24) is 14.4 Å². The number of hydrogen-bond donors (Lipinski definition) is 0. The second-order valence-electron chi connectivity index (χ2n) is 9.58. The third-order valence-corrected chi connectivity index (χ3v) is 7.64. The van der Waals surface area contributed by atoms with Crippen LogP contribution in [0.15, 0.2) is 78.9 Å². The molecule has 0 radical (unpaired) electrons. The Kier molecular flexibility index (Phi) is 7.89. The van der Waals surface area contributed by atoms with E-state index in [1.165, 1.54) is 12.1 Å². The van der Waals surface area contributed by atoms with Gasteiger partial charge >= 0.3 is 0 Å². The highest BCUT2D eigenvalue weighted by molar-refractivity contribution is 6.30. The van der Waals surface area contributed by atoms with Gasteiger partial charge in [-0.1, -0.05) is 30.3 Å². The molecule has 1 aliphatic heterocycles. The molecule has 1 atom stereocenters. The molecular formula is C31H28ClF2N3O3. The maximum Gasteiger partial charge on any atom is 0.255 e. The van der Waals surface area contributed by atoms with Crippen molar-refractivity contribution < 1.29 is 23.1 Å². The molecule has 206 valence electrons. The third-order valence-electron chi connectivity index (χ3n) is 7.20. The zero-order valence-electron chi connectivity index (χ0n) is 22.1. The van der Waals surface area contributed by atoms with Crippen LogP contribution in [0, 0.1) is 18.6 Å². The van der Waals surface area contributed by atoms with E-state index >= 15 is 0 Å². The van der Waals surface area contributed by atoms with E-state index in [-0.39, 0.29) is 17.5 Å². The molecule has 0 saturated carbocycles. The maximum atomic E-state index is 15.0. The summed E-state index contributed by atoms with van der Waals surface area (Å²) in [5, 5.41) is -0.794. The summed E-state index contributed by atoms with van der Waals surface area (Å²) in [6, 6.07) is 21.4. The predicted molar refractivity (Wildman–Crippen MR) is 150 cm³/mol. The number of amides is 2. The Labute approximate surface area is 236 Å². The van der Waals surface area contributed by atoms with Gasteiger partial charge in [-0.3, -0.25) is 9.59 Å². The van der Waals surface area contributed by atoms with Crippen molar-refractivity contribution >= 4 is 23.4 Å². The van der Waals surface area contributed by atoms with Crippen LogP contribution in [0.2, 0.25) is 0 Å². The van der Waals surface area contributed by atoms with E-state index in [4.69, 9.17) is 16.3 Å². The summed E-state index contributed by atoms with van der Waals surface area (Å²) >= 11 is 6.45. The second-order valence-corrected chi connectivity index (χ2v) is 10.0. The number of carbonyl (C=O) groups is 2. The number of methoxy groups -OCH3 is 1. The Morgan fingerprint density at radius 3 is 2.15 bits per heavy atom. The minimum atomic E-state index is -0.794. The number of nitrogens with zero attached hydrogens (tertiary/aromatic N) is 3. The highest BCUT2D eigenvalue weighted by Gasteiger charge is 2.31. The number of carbonyl (C=O) groups excluding carboxylic acids is 2. The smallest absolute Gasteiger partial charge is 0.255 e. The molecule has 40 heavy (non-hydrogen) atoms. The van der Waals surface area contributed by atoms with Crippen molar-refractivity contribution in [3.63, 3.8) is 0 Å². The molecule has 2 amide bonds. The summed E-state index contributed by atoms with van der Waals surface area (Å²) in [6.45, 7) is 3.09. The molecule has 0 aliphatic carbocycles. The number of ether oxygens (including phenoxy) is 1. The van der Waals surface area contributed by atoms with Gasteiger partial charge in [-0.2, -0.15) is 0 Å². The molecule has 5 rings (SSSR count). The van der Waals surface area contributed by atoms with Crippen molar-refractivity contribution in [2.45, 2.75) is 12.3 Å². The lowest BCUT2D eigenvalue weighted by atomic mass is 10.1. The molecule has 0 spiro atoms. The van der Waals surface area contributed by atoms with E-state index in [1.807, 2.05) is 42.5 Å². The highest BCUT2D eigenvalue weighted by atomic mass is 35.5. The van der Waals surface area contributed by atoms with Crippen LogP contribution in [0.25, 0.3) is 16.9 Å². The van der Waals surface area contributed by atoms with Crippen LogP contribution in [-0.4, -0.2) is 59.5 Å². The molecule has 1 fully saturated rings. The lowest BCUT2D eigenvalue weighted by Gasteiger charge is -2.35. The van der Waals surface area contributed by atoms with Gasteiger partial charge in [0, 0.05) is 37.9 Å². The Morgan fingerprint density at radius 1 is 0.875 bits per heavy atom. The Bertz CT molecular complexity index is 1530. The van der Waals surface area contributed by atoms with Gasteiger partial charge in [-0.15, -0.1) is 11.6 Å². The van der Waals surface area contributed by atoms with Crippen LogP contribution in [0.1, 0.15) is 27.0 Å².